The highest BCUT2D eigenvalue weighted by Gasteiger charge is 2.21. The van der Waals surface area contributed by atoms with Crippen molar-refractivity contribution in [2.45, 2.75) is 25.8 Å². The zero-order valence-electron chi connectivity index (χ0n) is 12.8. The number of pyridine rings is 1. The summed E-state index contributed by atoms with van der Waals surface area (Å²) in [5, 5.41) is 4.04. The lowest BCUT2D eigenvalue weighted by Crippen LogP contribution is -2.35. The SMILES string of the molecule is CNc1ncc(CN2CCCC(Cc3cncc(F)c3)C2)s1. The van der Waals surface area contributed by atoms with Crippen LogP contribution in [0.5, 0.6) is 0 Å². The maximum Gasteiger partial charge on any atom is 0.182 e. The van der Waals surface area contributed by atoms with Crippen LogP contribution in [0.15, 0.2) is 24.7 Å². The van der Waals surface area contributed by atoms with Crippen LogP contribution in [0, 0.1) is 11.7 Å². The van der Waals surface area contributed by atoms with Crippen molar-refractivity contribution in [1.29, 1.82) is 0 Å². The molecule has 1 aliphatic heterocycles. The van der Waals surface area contributed by atoms with E-state index in [-0.39, 0.29) is 5.82 Å². The summed E-state index contributed by atoms with van der Waals surface area (Å²) in [6.07, 6.45) is 8.31. The van der Waals surface area contributed by atoms with E-state index < -0.39 is 0 Å². The summed E-state index contributed by atoms with van der Waals surface area (Å²) < 4.78 is 13.2. The molecule has 4 nitrogen and oxygen atoms in total. The zero-order valence-corrected chi connectivity index (χ0v) is 13.6. The molecule has 0 amide bonds. The molecule has 0 saturated carbocycles. The Morgan fingerprint density at radius 3 is 3.09 bits per heavy atom. The minimum atomic E-state index is -0.241. The van der Waals surface area contributed by atoms with Crippen LogP contribution in [0.25, 0.3) is 0 Å². The smallest absolute Gasteiger partial charge is 0.182 e. The predicted octanol–water partition coefficient (Wildman–Crippen LogP) is 3.17. The van der Waals surface area contributed by atoms with Gasteiger partial charge in [-0.1, -0.05) is 0 Å². The van der Waals surface area contributed by atoms with Gasteiger partial charge in [0, 0.05) is 37.4 Å². The first-order chi connectivity index (χ1) is 10.7. The first-order valence-electron chi connectivity index (χ1n) is 7.67. The van der Waals surface area contributed by atoms with Crippen molar-refractivity contribution in [3.8, 4) is 0 Å². The predicted molar refractivity (Wildman–Crippen MR) is 87.6 cm³/mol. The van der Waals surface area contributed by atoms with Gasteiger partial charge in [0.1, 0.15) is 5.82 Å². The Kier molecular flexibility index (Phi) is 5.00. The highest BCUT2D eigenvalue weighted by atomic mass is 32.1. The van der Waals surface area contributed by atoms with Gasteiger partial charge in [-0.2, -0.15) is 0 Å². The van der Waals surface area contributed by atoms with Gasteiger partial charge in [0.2, 0.25) is 0 Å². The van der Waals surface area contributed by atoms with Gasteiger partial charge in [0.05, 0.1) is 6.20 Å². The van der Waals surface area contributed by atoms with Crippen molar-refractivity contribution in [1.82, 2.24) is 14.9 Å². The molecule has 22 heavy (non-hydrogen) atoms. The van der Waals surface area contributed by atoms with Crippen molar-refractivity contribution in [2.24, 2.45) is 5.92 Å². The third kappa shape index (κ3) is 4.01. The van der Waals surface area contributed by atoms with Gasteiger partial charge in [-0.25, -0.2) is 9.37 Å². The Balaban J connectivity index is 1.57. The zero-order chi connectivity index (χ0) is 15.4. The van der Waals surface area contributed by atoms with Gasteiger partial charge >= 0.3 is 0 Å². The van der Waals surface area contributed by atoms with Crippen LogP contribution in [-0.4, -0.2) is 35.0 Å². The normalized spacial score (nSPS) is 19.3. The summed E-state index contributed by atoms with van der Waals surface area (Å²) in [6.45, 7) is 3.14. The number of piperidine rings is 1. The Bertz CT molecular complexity index is 616. The molecule has 2 aromatic heterocycles. The molecule has 3 rings (SSSR count). The first kappa shape index (κ1) is 15.4. The average molecular weight is 320 g/mol. The Labute approximate surface area is 134 Å². The van der Waals surface area contributed by atoms with E-state index in [1.807, 2.05) is 13.2 Å². The van der Waals surface area contributed by atoms with E-state index in [9.17, 15) is 4.39 Å². The van der Waals surface area contributed by atoms with Crippen LogP contribution in [0.2, 0.25) is 0 Å². The van der Waals surface area contributed by atoms with Crippen LogP contribution in [-0.2, 0) is 13.0 Å². The molecule has 1 saturated heterocycles. The number of halogens is 1. The summed E-state index contributed by atoms with van der Waals surface area (Å²) in [5.74, 6) is 0.337. The minimum absolute atomic E-state index is 0.241. The van der Waals surface area contributed by atoms with E-state index in [0.29, 0.717) is 5.92 Å². The molecule has 1 unspecified atom stereocenters. The largest absolute Gasteiger partial charge is 0.365 e. The van der Waals surface area contributed by atoms with Crippen molar-refractivity contribution < 1.29 is 4.39 Å². The van der Waals surface area contributed by atoms with E-state index in [4.69, 9.17) is 0 Å². The van der Waals surface area contributed by atoms with Crippen molar-refractivity contribution in [3.05, 3.63) is 40.9 Å². The number of aromatic nitrogens is 2. The average Bonchev–Trinajstić information content (AvgIpc) is 2.95. The number of nitrogens with zero attached hydrogens (tertiary/aromatic N) is 3. The summed E-state index contributed by atoms with van der Waals surface area (Å²) in [4.78, 5) is 12.0. The molecule has 3 heterocycles. The fraction of sp³-hybridized carbons (Fsp3) is 0.500. The van der Waals surface area contributed by atoms with Gasteiger partial charge < -0.3 is 5.32 Å². The molecule has 1 atom stereocenters. The molecule has 0 radical (unpaired) electrons. The fourth-order valence-corrected chi connectivity index (χ4v) is 3.89. The monoisotopic (exact) mass is 320 g/mol. The molecule has 1 fully saturated rings. The van der Waals surface area contributed by atoms with Crippen molar-refractivity contribution in [3.63, 3.8) is 0 Å². The van der Waals surface area contributed by atoms with E-state index in [0.717, 1.165) is 36.8 Å². The molecule has 1 aliphatic rings. The molecule has 0 bridgehead atoms. The Hall–Kier alpha value is -1.53. The van der Waals surface area contributed by atoms with Gasteiger partial charge in [0.15, 0.2) is 5.13 Å². The highest BCUT2D eigenvalue weighted by Crippen LogP contribution is 2.24. The summed E-state index contributed by atoms with van der Waals surface area (Å²) in [5.41, 5.74) is 1.00. The molecule has 0 spiro atoms. The second-order valence-electron chi connectivity index (χ2n) is 5.84. The van der Waals surface area contributed by atoms with E-state index >= 15 is 0 Å². The van der Waals surface area contributed by atoms with Crippen LogP contribution >= 0.6 is 11.3 Å². The summed E-state index contributed by atoms with van der Waals surface area (Å²) in [7, 11) is 1.90. The lowest BCUT2D eigenvalue weighted by atomic mass is 9.92. The van der Waals surface area contributed by atoms with Gasteiger partial charge in [-0.3, -0.25) is 9.88 Å². The van der Waals surface area contributed by atoms with Crippen LogP contribution in [0.1, 0.15) is 23.3 Å². The number of rotatable bonds is 5. The first-order valence-corrected chi connectivity index (χ1v) is 8.49. The lowest BCUT2D eigenvalue weighted by molar-refractivity contribution is 0.168. The fourth-order valence-electron chi connectivity index (χ4n) is 3.08. The third-order valence-corrected chi connectivity index (χ3v) is 5.04. The number of thiazole rings is 1. The van der Waals surface area contributed by atoms with Gasteiger partial charge in [-0.15, -0.1) is 11.3 Å². The highest BCUT2D eigenvalue weighted by molar-refractivity contribution is 7.15. The molecular weight excluding hydrogens is 299 g/mol. The lowest BCUT2D eigenvalue weighted by Gasteiger charge is -2.32. The summed E-state index contributed by atoms with van der Waals surface area (Å²) >= 11 is 1.71. The quantitative estimate of drug-likeness (QED) is 0.919. The second-order valence-corrected chi connectivity index (χ2v) is 6.96. The van der Waals surface area contributed by atoms with Crippen LogP contribution < -0.4 is 5.32 Å². The topological polar surface area (TPSA) is 41.1 Å². The molecule has 0 aromatic carbocycles. The molecule has 118 valence electrons. The maximum absolute atomic E-state index is 13.2. The van der Waals surface area contributed by atoms with E-state index in [2.05, 4.69) is 20.2 Å². The molecule has 1 N–H and O–H groups in total. The number of anilines is 1. The van der Waals surface area contributed by atoms with Gasteiger partial charge in [0.25, 0.3) is 0 Å². The van der Waals surface area contributed by atoms with Crippen LogP contribution in [0.4, 0.5) is 9.52 Å². The Morgan fingerprint density at radius 1 is 1.41 bits per heavy atom. The van der Waals surface area contributed by atoms with Crippen LogP contribution in [0.3, 0.4) is 0 Å². The standard InChI is InChI=1S/C16H21FN4S/c1-18-16-20-9-15(22-16)11-21-4-2-3-12(10-21)5-13-6-14(17)8-19-7-13/h6-9,12H,2-5,10-11H2,1H3,(H,18,20). The number of nitrogens with one attached hydrogen (secondary N) is 1. The third-order valence-electron chi connectivity index (χ3n) is 4.04. The molecule has 6 heteroatoms. The molecule has 0 aliphatic carbocycles. The molecular formula is C16H21FN4S. The van der Waals surface area contributed by atoms with E-state index in [1.54, 1.807) is 23.6 Å². The summed E-state index contributed by atoms with van der Waals surface area (Å²) in [6, 6.07) is 1.61. The maximum atomic E-state index is 13.2. The number of likely N-dealkylation sites (tertiary alicyclic amines) is 1. The Morgan fingerprint density at radius 2 is 2.32 bits per heavy atom. The molecule has 2 aromatic rings. The number of hydrogen-bond acceptors (Lipinski definition) is 5. The van der Waals surface area contributed by atoms with Crippen molar-refractivity contribution >= 4 is 16.5 Å². The second kappa shape index (κ2) is 7.15. The van der Waals surface area contributed by atoms with Crippen molar-refractivity contribution in [2.75, 3.05) is 25.5 Å². The van der Waals surface area contributed by atoms with E-state index in [1.165, 1.54) is 23.9 Å². The minimum Gasteiger partial charge on any atom is -0.365 e. The van der Waals surface area contributed by atoms with Gasteiger partial charge in [-0.05, 0) is 43.4 Å². The number of hydrogen-bond donors (Lipinski definition) is 1.